The van der Waals surface area contributed by atoms with Crippen LogP contribution in [0.1, 0.15) is 11.3 Å². The van der Waals surface area contributed by atoms with Crippen molar-refractivity contribution in [1.82, 2.24) is 14.4 Å². The van der Waals surface area contributed by atoms with E-state index in [1.165, 1.54) is 0 Å². The van der Waals surface area contributed by atoms with Gasteiger partial charge in [0.15, 0.2) is 0 Å². The van der Waals surface area contributed by atoms with Crippen LogP contribution >= 0.6 is 23.2 Å². The number of rotatable bonds is 3. The topological polar surface area (TPSA) is 42.2 Å². The normalized spacial score (nSPS) is 11.1. The lowest BCUT2D eigenvalue weighted by atomic mass is 10.1. The highest BCUT2D eigenvalue weighted by molar-refractivity contribution is 6.34. The highest BCUT2D eigenvalue weighted by Gasteiger charge is 2.19. The van der Waals surface area contributed by atoms with Crippen molar-refractivity contribution in [1.29, 1.82) is 0 Å². The Morgan fingerprint density at radius 2 is 1.77 bits per heavy atom. The lowest BCUT2D eigenvalue weighted by Gasteiger charge is -2.14. The molecular formula is C20H16Cl2N4. The second kappa shape index (κ2) is 6.63. The van der Waals surface area contributed by atoms with E-state index >= 15 is 0 Å². The molecule has 0 saturated carbocycles. The molecule has 3 aromatic heterocycles. The van der Waals surface area contributed by atoms with Crippen molar-refractivity contribution >= 4 is 40.4 Å². The van der Waals surface area contributed by atoms with Gasteiger partial charge in [-0.15, -0.1) is 0 Å². The number of anilines is 2. The molecule has 0 fully saturated rings. The Bertz CT molecular complexity index is 1100. The standard InChI is InChI=1S/C20H16Cl2N4/c1-12-5-3-7-15(21)18(12)25-20-19(14-9-10-23-11-16(14)22)24-17-8-4-6-13(2)26(17)20/h3-11,25H,1-2H3. The molecule has 0 aliphatic carbocycles. The van der Waals surface area contributed by atoms with Crippen molar-refractivity contribution in [2.45, 2.75) is 13.8 Å². The van der Waals surface area contributed by atoms with Gasteiger partial charge in [-0.05, 0) is 43.7 Å². The van der Waals surface area contributed by atoms with Crippen molar-refractivity contribution < 1.29 is 0 Å². The first-order valence-electron chi connectivity index (χ1n) is 8.16. The maximum Gasteiger partial charge on any atom is 0.143 e. The fourth-order valence-corrected chi connectivity index (χ4v) is 3.51. The quantitative estimate of drug-likeness (QED) is 0.467. The first-order valence-corrected chi connectivity index (χ1v) is 8.92. The maximum atomic E-state index is 6.44. The third-order valence-corrected chi connectivity index (χ3v) is 4.95. The minimum Gasteiger partial charge on any atom is -0.338 e. The van der Waals surface area contributed by atoms with Gasteiger partial charge in [0.25, 0.3) is 0 Å². The summed E-state index contributed by atoms with van der Waals surface area (Å²) in [5, 5.41) is 4.69. The average molecular weight is 383 g/mol. The van der Waals surface area contributed by atoms with Gasteiger partial charge in [-0.2, -0.15) is 0 Å². The van der Waals surface area contributed by atoms with Crippen LogP contribution in [0, 0.1) is 13.8 Å². The molecule has 0 aliphatic heterocycles. The van der Waals surface area contributed by atoms with E-state index in [-0.39, 0.29) is 0 Å². The van der Waals surface area contributed by atoms with Crippen molar-refractivity contribution in [3.8, 4) is 11.3 Å². The van der Waals surface area contributed by atoms with Crippen LogP contribution in [0.3, 0.4) is 0 Å². The SMILES string of the molecule is Cc1cccc(Cl)c1Nc1c(-c2ccncc2Cl)nc2cccc(C)n12. The summed E-state index contributed by atoms with van der Waals surface area (Å²) in [6.07, 6.45) is 3.33. The minimum absolute atomic E-state index is 0.549. The predicted octanol–water partition coefficient (Wildman–Crippen LogP) is 6.06. The summed E-state index contributed by atoms with van der Waals surface area (Å²) in [6, 6.07) is 13.7. The van der Waals surface area contributed by atoms with E-state index in [0.29, 0.717) is 10.0 Å². The molecule has 130 valence electrons. The molecule has 26 heavy (non-hydrogen) atoms. The third kappa shape index (κ3) is 2.81. The highest BCUT2D eigenvalue weighted by atomic mass is 35.5. The molecule has 4 aromatic rings. The number of fused-ring (bicyclic) bond motifs is 1. The van der Waals surface area contributed by atoms with Gasteiger partial charge in [-0.1, -0.05) is 41.4 Å². The van der Waals surface area contributed by atoms with E-state index in [2.05, 4.69) is 14.7 Å². The van der Waals surface area contributed by atoms with Crippen molar-refractivity contribution in [2.75, 3.05) is 5.32 Å². The fourth-order valence-electron chi connectivity index (χ4n) is 3.03. The van der Waals surface area contributed by atoms with Crippen molar-refractivity contribution in [3.63, 3.8) is 0 Å². The predicted molar refractivity (Wildman–Crippen MR) is 108 cm³/mol. The van der Waals surface area contributed by atoms with Crippen LogP contribution in [-0.2, 0) is 0 Å². The molecule has 4 rings (SSSR count). The number of aryl methyl sites for hydroxylation is 2. The van der Waals surface area contributed by atoms with E-state index in [1.807, 2.05) is 56.3 Å². The molecule has 6 heteroatoms. The summed E-state index contributed by atoms with van der Waals surface area (Å²) in [5.41, 5.74) is 5.36. The molecule has 0 bridgehead atoms. The van der Waals surface area contributed by atoms with Crippen LogP contribution in [0.2, 0.25) is 10.0 Å². The van der Waals surface area contributed by atoms with E-state index in [4.69, 9.17) is 28.2 Å². The summed E-state index contributed by atoms with van der Waals surface area (Å²) in [7, 11) is 0. The Balaban J connectivity index is 2.00. The Kier molecular flexibility index (Phi) is 4.31. The molecule has 0 saturated heterocycles. The van der Waals surface area contributed by atoms with Gasteiger partial charge in [0, 0.05) is 23.7 Å². The van der Waals surface area contributed by atoms with Crippen LogP contribution < -0.4 is 5.32 Å². The van der Waals surface area contributed by atoms with Gasteiger partial charge in [-0.25, -0.2) is 4.98 Å². The molecule has 0 radical (unpaired) electrons. The molecule has 1 N–H and O–H groups in total. The number of benzene rings is 1. The first-order chi connectivity index (χ1) is 12.6. The van der Waals surface area contributed by atoms with Gasteiger partial charge >= 0.3 is 0 Å². The Hall–Kier alpha value is -2.56. The zero-order valence-corrected chi connectivity index (χ0v) is 15.8. The van der Waals surface area contributed by atoms with E-state index < -0.39 is 0 Å². The largest absolute Gasteiger partial charge is 0.338 e. The van der Waals surface area contributed by atoms with Gasteiger partial charge < -0.3 is 5.32 Å². The number of nitrogens with one attached hydrogen (secondary N) is 1. The van der Waals surface area contributed by atoms with Gasteiger partial charge in [0.2, 0.25) is 0 Å². The van der Waals surface area contributed by atoms with Crippen molar-refractivity contribution in [2.24, 2.45) is 0 Å². The second-order valence-corrected chi connectivity index (χ2v) is 6.90. The van der Waals surface area contributed by atoms with Gasteiger partial charge in [-0.3, -0.25) is 9.38 Å². The smallest absolute Gasteiger partial charge is 0.143 e. The van der Waals surface area contributed by atoms with E-state index in [1.54, 1.807) is 12.4 Å². The third-order valence-electron chi connectivity index (χ3n) is 4.33. The minimum atomic E-state index is 0.549. The number of imidazole rings is 1. The number of hydrogen-bond acceptors (Lipinski definition) is 3. The first kappa shape index (κ1) is 16.9. The number of pyridine rings is 2. The molecule has 0 amide bonds. The zero-order valence-electron chi connectivity index (χ0n) is 14.3. The molecule has 1 aromatic carbocycles. The molecule has 0 unspecified atom stereocenters. The molecule has 0 atom stereocenters. The highest BCUT2D eigenvalue weighted by Crippen LogP contribution is 2.37. The Morgan fingerprint density at radius 1 is 0.962 bits per heavy atom. The average Bonchev–Trinajstić information content (AvgIpc) is 2.98. The second-order valence-electron chi connectivity index (χ2n) is 6.08. The number of nitrogens with zero attached hydrogens (tertiary/aromatic N) is 3. The Morgan fingerprint density at radius 3 is 2.54 bits per heavy atom. The Labute approximate surface area is 161 Å². The number of hydrogen-bond donors (Lipinski definition) is 1. The number of halogens is 2. The summed E-state index contributed by atoms with van der Waals surface area (Å²) < 4.78 is 2.06. The lowest BCUT2D eigenvalue weighted by molar-refractivity contribution is 1.09. The maximum absolute atomic E-state index is 6.44. The summed E-state index contributed by atoms with van der Waals surface area (Å²) in [4.78, 5) is 8.88. The lowest BCUT2D eigenvalue weighted by Crippen LogP contribution is -2.01. The number of para-hydroxylation sites is 1. The zero-order chi connectivity index (χ0) is 18.3. The van der Waals surface area contributed by atoms with Gasteiger partial charge in [0.05, 0.1) is 15.7 Å². The van der Waals surface area contributed by atoms with Crippen molar-refractivity contribution in [3.05, 3.63) is 76.2 Å². The van der Waals surface area contributed by atoms with Crippen LogP contribution in [0.5, 0.6) is 0 Å². The molecule has 0 aliphatic rings. The molecular weight excluding hydrogens is 367 g/mol. The van der Waals surface area contributed by atoms with E-state index in [9.17, 15) is 0 Å². The van der Waals surface area contributed by atoms with Crippen LogP contribution in [-0.4, -0.2) is 14.4 Å². The van der Waals surface area contributed by atoms with Crippen LogP contribution in [0.25, 0.3) is 16.9 Å². The van der Waals surface area contributed by atoms with Crippen LogP contribution in [0.15, 0.2) is 54.9 Å². The van der Waals surface area contributed by atoms with Gasteiger partial charge in [0.1, 0.15) is 17.2 Å². The number of aromatic nitrogens is 3. The molecule has 4 nitrogen and oxygen atoms in total. The molecule has 3 heterocycles. The fraction of sp³-hybridized carbons (Fsp3) is 0.100. The molecule has 0 spiro atoms. The van der Waals surface area contributed by atoms with E-state index in [0.717, 1.165) is 39.7 Å². The summed E-state index contributed by atoms with van der Waals surface area (Å²) in [6.45, 7) is 4.06. The monoisotopic (exact) mass is 382 g/mol. The van der Waals surface area contributed by atoms with Crippen LogP contribution in [0.4, 0.5) is 11.5 Å². The summed E-state index contributed by atoms with van der Waals surface area (Å²) >= 11 is 12.8. The summed E-state index contributed by atoms with van der Waals surface area (Å²) in [5.74, 6) is 0.822.